The van der Waals surface area contributed by atoms with Crippen molar-refractivity contribution in [2.24, 2.45) is 0 Å². The predicted octanol–water partition coefficient (Wildman–Crippen LogP) is 4.46. The zero-order valence-corrected chi connectivity index (χ0v) is 13.9. The molecule has 0 aliphatic carbocycles. The second-order valence-electron chi connectivity index (χ2n) is 6.32. The van der Waals surface area contributed by atoms with E-state index in [0.717, 1.165) is 11.5 Å². The van der Waals surface area contributed by atoms with Gasteiger partial charge in [0.25, 0.3) is 0 Å². The number of aliphatic hydroxyl groups is 1. The maximum Gasteiger partial charge on any atom is 0.126 e. The van der Waals surface area contributed by atoms with E-state index in [0.29, 0.717) is 5.92 Å². The Morgan fingerprint density at radius 2 is 1.86 bits per heavy atom. The number of aliphatic hydroxyl groups excluding tert-OH is 1. The molecule has 116 valence electrons. The molecule has 2 aromatic rings. The number of hydrogen-bond donors (Lipinski definition) is 1. The second kappa shape index (κ2) is 6.35. The Bertz CT molecular complexity index is 634. The monoisotopic (exact) mass is 314 g/mol. The van der Waals surface area contributed by atoms with Crippen LogP contribution in [0.4, 0.5) is 0 Å². The molecule has 0 amide bonds. The quantitative estimate of drug-likeness (QED) is 0.903. The number of benzene rings is 2. The summed E-state index contributed by atoms with van der Waals surface area (Å²) in [5.74, 6) is 2.44. The van der Waals surface area contributed by atoms with Crippen LogP contribution in [-0.2, 0) is 0 Å². The molecule has 2 nitrogen and oxygen atoms in total. The fourth-order valence-electron chi connectivity index (χ4n) is 2.81. The number of fused-ring (bicyclic) bond motifs is 1. The van der Waals surface area contributed by atoms with Crippen LogP contribution in [0.3, 0.4) is 0 Å². The van der Waals surface area contributed by atoms with E-state index in [2.05, 4.69) is 36.4 Å². The summed E-state index contributed by atoms with van der Waals surface area (Å²) in [6.45, 7) is 3.77. The first-order valence-electron chi connectivity index (χ1n) is 7.71. The van der Waals surface area contributed by atoms with Gasteiger partial charge in [0.2, 0.25) is 0 Å². The minimum atomic E-state index is -0.546. The molecule has 1 aliphatic rings. The molecule has 0 bridgehead atoms. The van der Waals surface area contributed by atoms with Crippen LogP contribution < -0.4 is 4.74 Å². The van der Waals surface area contributed by atoms with Gasteiger partial charge in [-0.3, -0.25) is 0 Å². The molecule has 1 aliphatic heterocycles. The lowest BCUT2D eigenvalue weighted by molar-refractivity contribution is 0.0412. The van der Waals surface area contributed by atoms with Crippen molar-refractivity contribution in [2.45, 2.75) is 36.7 Å². The predicted molar refractivity (Wildman–Crippen MR) is 91.9 cm³/mol. The Labute approximate surface area is 136 Å². The SMILES string of the molecule is CC(C)(CO)Oc1ccc(C2CCSc3ccccc32)cc1. The number of hydrogen-bond acceptors (Lipinski definition) is 3. The van der Waals surface area contributed by atoms with Crippen molar-refractivity contribution in [3.63, 3.8) is 0 Å². The zero-order chi connectivity index (χ0) is 15.6. The van der Waals surface area contributed by atoms with Crippen LogP contribution in [0.1, 0.15) is 37.3 Å². The molecule has 3 rings (SSSR count). The molecular weight excluding hydrogens is 292 g/mol. The average Bonchev–Trinajstić information content (AvgIpc) is 2.55. The van der Waals surface area contributed by atoms with Crippen molar-refractivity contribution in [1.82, 2.24) is 0 Å². The van der Waals surface area contributed by atoms with Crippen molar-refractivity contribution in [1.29, 1.82) is 0 Å². The van der Waals surface area contributed by atoms with Crippen LogP contribution in [0.15, 0.2) is 53.4 Å². The highest BCUT2D eigenvalue weighted by atomic mass is 32.2. The standard InChI is InChI=1S/C19H22O2S/c1-19(2,13-20)21-15-9-7-14(8-10-15)16-11-12-22-18-6-4-3-5-17(16)18/h3-10,16,20H,11-13H2,1-2H3. The van der Waals surface area contributed by atoms with Gasteiger partial charge in [0, 0.05) is 10.8 Å². The molecule has 1 atom stereocenters. The Morgan fingerprint density at radius 1 is 1.14 bits per heavy atom. The summed E-state index contributed by atoms with van der Waals surface area (Å²) in [7, 11) is 0. The minimum Gasteiger partial charge on any atom is -0.485 e. The first-order chi connectivity index (χ1) is 10.6. The van der Waals surface area contributed by atoms with Crippen molar-refractivity contribution in [2.75, 3.05) is 12.4 Å². The molecule has 1 unspecified atom stereocenters. The van der Waals surface area contributed by atoms with E-state index in [1.54, 1.807) is 0 Å². The van der Waals surface area contributed by atoms with E-state index in [1.165, 1.54) is 22.4 Å². The highest BCUT2D eigenvalue weighted by molar-refractivity contribution is 7.99. The molecule has 0 radical (unpaired) electrons. The van der Waals surface area contributed by atoms with Crippen molar-refractivity contribution < 1.29 is 9.84 Å². The Hall–Kier alpha value is -1.45. The maximum atomic E-state index is 9.30. The third kappa shape index (κ3) is 3.31. The van der Waals surface area contributed by atoms with Gasteiger partial charge >= 0.3 is 0 Å². The fourth-order valence-corrected chi connectivity index (χ4v) is 3.93. The van der Waals surface area contributed by atoms with Gasteiger partial charge in [0.15, 0.2) is 0 Å². The molecule has 0 fully saturated rings. The first-order valence-corrected chi connectivity index (χ1v) is 8.69. The highest BCUT2D eigenvalue weighted by Gasteiger charge is 2.22. The summed E-state index contributed by atoms with van der Waals surface area (Å²) in [6.07, 6.45) is 1.17. The Kier molecular flexibility index (Phi) is 4.46. The number of thioether (sulfide) groups is 1. The van der Waals surface area contributed by atoms with Gasteiger partial charge in [0.1, 0.15) is 11.4 Å². The van der Waals surface area contributed by atoms with E-state index < -0.39 is 5.60 Å². The molecule has 0 saturated heterocycles. The smallest absolute Gasteiger partial charge is 0.126 e. The molecule has 22 heavy (non-hydrogen) atoms. The van der Waals surface area contributed by atoms with E-state index in [1.807, 2.05) is 37.7 Å². The molecule has 1 N–H and O–H groups in total. The summed E-state index contributed by atoms with van der Waals surface area (Å²) in [5, 5.41) is 9.30. The van der Waals surface area contributed by atoms with Crippen LogP contribution in [0.5, 0.6) is 5.75 Å². The lowest BCUT2D eigenvalue weighted by Crippen LogP contribution is -2.32. The van der Waals surface area contributed by atoms with E-state index in [9.17, 15) is 5.11 Å². The second-order valence-corrected chi connectivity index (χ2v) is 7.45. The average molecular weight is 314 g/mol. The zero-order valence-electron chi connectivity index (χ0n) is 13.1. The lowest BCUT2D eigenvalue weighted by atomic mass is 9.88. The third-order valence-electron chi connectivity index (χ3n) is 4.02. The highest BCUT2D eigenvalue weighted by Crippen LogP contribution is 2.41. The molecule has 1 heterocycles. The fraction of sp³-hybridized carbons (Fsp3) is 0.368. The van der Waals surface area contributed by atoms with Crippen LogP contribution in [0, 0.1) is 0 Å². The van der Waals surface area contributed by atoms with Crippen LogP contribution in [0.2, 0.25) is 0 Å². The molecular formula is C19H22O2S. The summed E-state index contributed by atoms with van der Waals surface area (Å²) in [5.41, 5.74) is 2.22. The molecule has 0 spiro atoms. The summed E-state index contributed by atoms with van der Waals surface area (Å²) in [6, 6.07) is 17.0. The molecule has 2 aromatic carbocycles. The van der Waals surface area contributed by atoms with Gasteiger partial charge in [-0.15, -0.1) is 11.8 Å². The van der Waals surface area contributed by atoms with Gasteiger partial charge in [-0.05, 0) is 55.3 Å². The summed E-state index contributed by atoms with van der Waals surface area (Å²) in [4.78, 5) is 1.40. The normalized spacial score (nSPS) is 17.9. The van der Waals surface area contributed by atoms with Crippen molar-refractivity contribution in [3.05, 3.63) is 59.7 Å². The van der Waals surface area contributed by atoms with Gasteiger partial charge < -0.3 is 9.84 Å². The number of rotatable bonds is 4. The van der Waals surface area contributed by atoms with Gasteiger partial charge in [-0.1, -0.05) is 30.3 Å². The van der Waals surface area contributed by atoms with E-state index in [-0.39, 0.29) is 6.61 Å². The van der Waals surface area contributed by atoms with E-state index in [4.69, 9.17) is 4.74 Å². The first kappa shape index (κ1) is 15.4. The van der Waals surface area contributed by atoms with Crippen LogP contribution >= 0.6 is 11.8 Å². The lowest BCUT2D eigenvalue weighted by Gasteiger charge is -2.26. The summed E-state index contributed by atoms with van der Waals surface area (Å²) < 4.78 is 5.81. The summed E-state index contributed by atoms with van der Waals surface area (Å²) >= 11 is 1.95. The Morgan fingerprint density at radius 3 is 2.59 bits per heavy atom. The van der Waals surface area contributed by atoms with E-state index >= 15 is 0 Å². The Balaban J connectivity index is 1.82. The van der Waals surface area contributed by atoms with Crippen molar-refractivity contribution >= 4 is 11.8 Å². The van der Waals surface area contributed by atoms with Crippen LogP contribution in [0.25, 0.3) is 0 Å². The largest absolute Gasteiger partial charge is 0.485 e. The van der Waals surface area contributed by atoms with Gasteiger partial charge in [-0.25, -0.2) is 0 Å². The topological polar surface area (TPSA) is 29.5 Å². The molecule has 3 heteroatoms. The minimum absolute atomic E-state index is 0.00196. The van der Waals surface area contributed by atoms with Crippen molar-refractivity contribution in [3.8, 4) is 5.75 Å². The third-order valence-corrected chi connectivity index (χ3v) is 5.14. The van der Waals surface area contributed by atoms with Crippen LogP contribution in [-0.4, -0.2) is 23.1 Å². The van der Waals surface area contributed by atoms with Gasteiger partial charge in [-0.2, -0.15) is 0 Å². The van der Waals surface area contributed by atoms with Gasteiger partial charge in [0.05, 0.1) is 6.61 Å². The molecule has 0 aromatic heterocycles. The molecule has 0 saturated carbocycles. The maximum absolute atomic E-state index is 9.30. The number of ether oxygens (including phenoxy) is 1.